The predicted molar refractivity (Wildman–Crippen MR) is 117 cm³/mol. The third-order valence-electron chi connectivity index (χ3n) is 6.02. The first-order valence-electron chi connectivity index (χ1n) is 10.4. The van der Waals surface area contributed by atoms with Crippen LogP contribution in [0.3, 0.4) is 0 Å². The smallest absolute Gasteiger partial charge is 0.359 e. The molecule has 0 aromatic carbocycles. The molecule has 0 amide bonds. The summed E-state index contributed by atoms with van der Waals surface area (Å²) >= 11 is 6.12. The van der Waals surface area contributed by atoms with Gasteiger partial charge in [-0.3, -0.25) is 4.57 Å². The van der Waals surface area contributed by atoms with E-state index in [1.165, 1.54) is 6.33 Å². The minimum Gasteiger partial charge on any atom is -0.368 e. The van der Waals surface area contributed by atoms with Crippen molar-refractivity contribution in [2.24, 2.45) is 5.92 Å². The predicted octanol–water partition coefficient (Wildman–Crippen LogP) is 2.94. The molecule has 2 saturated heterocycles. The van der Waals surface area contributed by atoms with Crippen LogP contribution in [-0.4, -0.2) is 60.0 Å². The molecule has 0 aliphatic carbocycles. The van der Waals surface area contributed by atoms with E-state index in [-0.39, 0.29) is 23.6 Å². The van der Waals surface area contributed by atoms with E-state index in [9.17, 15) is 9.46 Å². The highest BCUT2D eigenvalue weighted by Crippen LogP contribution is 2.59. The van der Waals surface area contributed by atoms with Gasteiger partial charge in [0.05, 0.1) is 18.5 Å². The molecule has 0 bridgehead atoms. The Labute approximate surface area is 191 Å². The summed E-state index contributed by atoms with van der Waals surface area (Å²) in [7, 11) is -4.25. The van der Waals surface area contributed by atoms with Crippen molar-refractivity contribution < 1.29 is 28.2 Å². The molecule has 11 nitrogen and oxygen atoms in total. The number of anilines is 1. The first-order chi connectivity index (χ1) is 14.7. The molecule has 2 aromatic heterocycles. The van der Waals surface area contributed by atoms with Crippen molar-refractivity contribution in [3.05, 3.63) is 11.5 Å². The van der Waals surface area contributed by atoms with Crippen molar-refractivity contribution in [1.82, 2.24) is 19.5 Å². The number of hydrogen-bond acceptors (Lipinski definition) is 9. The molecule has 5 atom stereocenters. The quantitative estimate of drug-likeness (QED) is 0.459. The zero-order valence-electron chi connectivity index (χ0n) is 18.9. The molecule has 0 spiro atoms. The minimum absolute atomic E-state index is 0.000337. The van der Waals surface area contributed by atoms with Crippen molar-refractivity contribution >= 4 is 36.3 Å². The number of nitrogen functional groups attached to an aromatic ring is 1. The fourth-order valence-electron chi connectivity index (χ4n) is 3.82. The van der Waals surface area contributed by atoms with E-state index in [2.05, 4.69) is 15.0 Å². The molecule has 2 aliphatic heterocycles. The number of fused-ring (bicyclic) bond motifs is 2. The molecule has 3 N–H and O–H groups in total. The molecule has 0 saturated carbocycles. The highest BCUT2D eigenvalue weighted by Gasteiger charge is 2.61. The summed E-state index contributed by atoms with van der Waals surface area (Å²) < 4.78 is 38.8. The van der Waals surface area contributed by atoms with Gasteiger partial charge < -0.3 is 33.9 Å². The molecule has 2 fully saturated rings. The van der Waals surface area contributed by atoms with Gasteiger partial charge in [0.1, 0.15) is 23.8 Å². The molecule has 4 heterocycles. The average molecular weight is 490 g/mol. The van der Waals surface area contributed by atoms with Gasteiger partial charge in [-0.25, -0.2) is 4.98 Å². The second-order valence-electron chi connectivity index (χ2n) is 9.49. The van der Waals surface area contributed by atoms with E-state index in [0.717, 1.165) is 0 Å². The molecule has 5 unspecified atom stereocenters. The SMILES string of the molecule is CC(C)C(C)(C)OP(=O)(O)C1OC(Cn2cnc3c(Cl)nc(N)nc32)C2OC(C)(C)OC21. The van der Waals surface area contributed by atoms with Crippen LogP contribution in [0.25, 0.3) is 11.2 Å². The molecular formula is C19H29ClN5O6P. The Kier molecular flexibility index (Phi) is 5.86. The molecule has 2 aliphatic rings. The largest absolute Gasteiger partial charge is 0.368 e. The van der Waals surface area contributed by atoms with Crippen LogP contribution in [0.1, 0.15) is 41.5 Å². The fourth-order valence-corrected chi connectivity index (χ4v) is 5.94. The summed E-state index contributed by atoms with van der Waals surface area (Å²) in [5.41, 5.74) is 5.71. The van der Waals surface area contributed by atoms with Crippen molar-refractivity contribution in [3.63, 3.8) is 0 Å². The first kappa shape index (κ1) is 23.8. The van der Waals surface area contributed by atoms with E-state index in [1.54, 1.807) is 32.3 Å². The molecule has 0 radical (unpaired) electrons. The number of hydrogen-bond donors (Lipinski definition) is 2. The fraction of sp³-hybridized carbons (Fsp3) is 0.737. The lowest BCUT2D eigenvalue weighted by Crippen LogP contribution is -2.35. The molecule has 178 valence electrons. The Morgan fingerprint density at radius 1 is 1.34 bits per heavy atom. The Morgan fingerprint density at radius 3 is 2.66 bits per heavy atom. The van der Waals surface area contributed by atoms with E-state index in [1.807, 2.05) is 13.8 Å². The lowest BCUT2D eigenvalue weighted by atomic mass is 9.95. The van der Waals surface area contributed by atoms with Gasteiger partial charge in [-0.1, -0.05) is 25.4 Å². The number of halogens is 1. The van der Waals surface area contributed by atoms with Crippen LogP contribution < -0.4 is 5.73 Å². The standard InChI is InChI=1S/C19H29ClN5O6P/c1-9(2)18(3,4)31-32(26,27)16-13-12(29-19(5,6)30-13)10(28-16)7-25-8-22-11-14(20)23-17(21)24-15(11)25/h8-10,12-13,16H,7H2,1-6H3,(H,26,27)(H2,21,23,24). The summed E-state index contributed by atoms with van der Waals surface area (Å²) in [6.07, 6.45) is -0.487. The number of nitrogens with zero attached hydrogens (tertiary/aromatic N) is 4. The number of rotatable bonds is 6. The van der Waals surface area contributed by atoms with Crippen LogP contribution in [0.15, 0.2) is 6.33 Å². The first-order valence-corrected chi connectivity index (χ1v) is 12.4. The van der Waals surface area contributed by atoms with E-state index in [4.69, 9.17) is 36.1 Å². The topological polar surface area (TPSA) is 144 Å². The van der Waals surface area contributed by atoms with Gasteiger partial charge in [0.25, 0.3) is 0 Å². The number of aromatic nitrogens is 4. The van der Waals surface area contributed by atoms with Crippen LogP contribution in [-0.2, 0) is 29.8 Å². The van der Waals surface area contributed by atoms with E-state index in [0.29, 0.717) is 11.2 Å². The minimum atomic E-state index is -4.25. The lowest BCUT2D eigenvalue weighted by Gasteiger charge is -2.34. The van der Waals surface area contributed by atoms with Gasteiger partial charge >= 0.3 is 7.60 Å². The van der Waals surface area contributed by atoms with Gasteiger partial charge in [0.2, 0.25) is 5.95 Å². The number of ether oxygens (including phenoxy) is 3. The molecule has 4 rings (SSSR count). The number of imidazole rings is 1. The molecule has 2 aromatic rings. The summed E-state index contributed by atoms with van der Waals surface area (Å²) in [5.74, 6) is -2.15. The van der Waals surface area contributed by atoms with E-state index >= 15 is 0 Å². The zero-order chi connectivity index (χ0) is 23.6. The normalized spacial score (nSPS) is 29.5. The van der Waals surface area contributed by atoms with Gasteiger partial charge in [0.15, 0.2) is 22.4 Å². The Balaban J connectivity index is 1.64. The van der Waals surface area contributed by atoms with Crippen LogP contribution in [0, 0.1) is 5.92 Å². The van der Waals surface area contributed by atoms with Gasteiger partial charge in [-0.2, -0.15) is 9.97 Å². The molecular weight excluding hydrogens is 461 g/mol. The lowest BCUT2D eigenvalue weighted by molar-refractivity contribution is -0.182. The Hall–Kier alpha value is -1.33. The maximum absolute atomic E-state index is 13.3. The van der Waals surface area contributed by atoms with Crippen LogP contribution in [0.5, 0.6) is 0 Å². The highest BCUT2D eigenvalue weighted by molar-refractivity contribution is 7.53. The summed E-state index contributed by atoms with van der Waals surface area (Å²) in [4.78, 5) is 23.3. The van der Waals surface area contributed by atoms with Gasteiger partial charge in [-0.15, -0.1) is 0 Å². The van der Waals surface area contributed by atoms with E-state index < -0.39 is 43.1 Å². The van der Waals surface area contributed by atoms with Crippen LogP contribution in [0.2, 0.25) is 5.15 Å². The maximum Gasteiger partial charge on any atom is 0.359 e. The monoisotopic (exact) mass is 489 g/mol. The van der Waals surface area contributed by atoms with Crippen molar-refractivity contribution in [1.29, 1.82) is 0 Å². The average Bonchev–Trinajstić information content (AvgIpc) is 3.26. The van der Waals surface area contributed by atoms with Crippen LogP contribution in [0.4, 0.5) is 5.95 Å². The second-order valence-corrected chi connectivity index (χ2v) is 11.7. The Morgan fingerprint density at radius 2 is 2.00 bits per heavy atom. The number of nitrogens with two attached hydrogens (primary N) is 1. The summed E-state index contributed by atoms with van der Waals surface area (Å²) in [6.45, 7) is 11.1. The maximum atomic E-state index is 13.3. The third kappa shape index (κ3) is 4.27. The van der Waals surface area contributed by atoms with Crippen LogP contribution >= 0.6 is 19.2 Å². The third-order valence-corrected chi connectivity index (χ3v) is 8.07. The second kappa shape index (κ2) is 7.87. The van der Waals surface area contributed by atoms with Gasteiger partial charge in [0, 0.05) is 0 Å². The van der Waals surface area contributed by atoms with Crippen molar-refractivity contribution in [2.45, 2.75) is 83.6 Å². The molecule has 13 heteroatoms. The van der Waals surface area contributed by atoms with Crippen molar-refractivity contribution in [3.8, 4) is 0 Å². The molecule has 32 heavy (non-hydrogen) atoms. The Bertz CT molecular complexity index is 1080. The summed E-state index contributed by atoms with van der Waals surface area (Å²) in [6, 6.07) is 0. The summed E-state index contributed by atoms with van der Waals surface area (Å²) in [5, 5.41) is 0.139. The van der Waals surface area contributed by atoms with Crippen molar-refractivity contribution in [2.75, 3.05) is 5.73 Å². The highest BCUT2D eigenvalue weighted by atomic mass is 35.5. The van der Waals surface area contributed by atoms with Gasteiger partial charge in [-0.05, 0) is 33.6 Å². The zero-order valence-corrected chi connectivity index (χ0v) is 20.5.